The predicted octanol–water partition coefficient (Wildman–Crippen LogP) is 26.4. The Kier molecular flexibility index (Phi) is 13.8. The van der Waals surface area contributed by atoms with E-state index in [9.17, 15) is 11.0 Å². The minimum Gasteiger partial charge on any atom is -0.311 e. The molecule has 0 amide bonds. The van der Waals surface area contributed by atoms with Crippen LogP contribution in [0.2, 0.25) is 0 Å². The van der Waals surface area contributed by atoms with Crippen molar-refractivity contribution in [2.45, 2.75) is 52.4 Å². The van der Waals surface area contributed by atoms with Gasteiger partial charge in [0.15, 0.2) is 0 Å². The number of fused-ring (bicyclic) bond motifs is 10. The lowest BCUT2D eigenvalue weighted by Crippen LogP contribution is -2.61. The molecule has 4 heterocycles. The number of hydrogen-bond donors (Lipinski definition) is 0. The van der Waals surface area contributed by atoms with Crippen molar-refractivity contribution >= 4 is 118 Å². The van der Waals surface area contributed by atoms with Gasteiger partial charge in [0.1, 0.15) is 0 Å². The fraction of sp³-hybridized carbons (Fsp3) is 0.0769. The van der Waals surface area contributed by atoms with Crippen LogP contribution < -0.4 is 31.1 Å². The van der Waals surface area contributed by atoms with Gasteiger partial charge in [0.25, 0.3) is 6.71 Å². The summed E-state index contributed by atoms with van der Waals surface area (Å²) in [5.74, 6) is 0. The first-order valence-electron chi connectivity index (χ1n) is 41.8. The Morgan fingerprint density at radius 1 is 0.282 bits per heavy atom. The third-order valence-corrected chi connectivity index (χ3v) is 22.4. The average Bonchev–Trinajstić information content (AvgIpc) is 1.11. The van der Waals surface area contributed by atoms with Crippen LogP contribution in [0.3, 0.4) is 0 Å². The van der Waals surface area contributed by atoms with E-state index in [1.807, 2.05) is 24.3 Å². The average molecular weight is 1420 g/mol. The molecule has 0 saturated heterocycles. The highest BCUT2D eigenvalue weighted by Gasteiger charge is 2.46. The second-order valence-corrected chi connectivity index (χ2v) is 31.1. The Balaban J connectivity index is 0.974. The van der Waals surface area contributed by atoms with E-state index in [1.165, 1.54) is 5.56 Å². The van der Waals surface area contributed by atoms with Crippen LogP contribution in [0.15, 0.2) is 376 Å². The summed E-state index contributed by atoms with van der Waals surface area (Å²) < 4.78 is 82.1. The smallest absolute Gasteiger partial charge is 0.252 e. The number of anilines is 9. The van der Waals surface area contributed by atoms with E-state index in [4.69, 9.17) is 0 Å². The molecule has 18 aromatic rings. The van der Waals surface area contributed by atoms with Crippen LogP contribution in [-0.4, -0.2) is 15.8 Å². The van der Waals surface area contributed by atoms with Gasteiger partial charge in [-0.2, -0.15) is 0 Å². The maximum absolute atomic E-state index is 10.2. The van der Waals surface area contributed by atoms with Gasteiger partial charge in [-0.3, -0.25) is 0 Å². The summed E-state index contributed by atoms with van der Waals surface area (Å²) in [6.45, 7) is 13.0. The quantitative estimate of drug-likeness (QED) is 0.114. The first-order chi connectivity index (χ1) is 57.2. The topological polar surface area (TPSA) is 19.6 Å². The molecule has 0 radical (unpaired) electrons. The van der Waals surface area contributed by atoms with Crippen molar-refractivity contribution in [1.82, 2.24) is 9.13 Å². The van der Waals surface area contributed by atoms with Crippen LogP contribution >= 0.6 is 0 Å². The Morgan fingerprint density at radius 2 is 0.745 bits per heavy atom. The molecule has 0 unspecified atom stereocenters. The van der Waals surface area contributed by atoms with Gasteiger partial charge in [-0.1, -0.05) is 296 Å². The van der Waals surface area contributed by atoms with Crippen molar-refractivity contribution < 1.29 is 11.0 Å². The summed E-state index contributed by atoms with van der Waals surface area (Å²) in [5, 5.41) is 2.11. The van der Waals surface area contributed by atoms with Gasteiger partial charge in [0.05, 0.1) is 44.4 Å². The highest BCUT2D eigenvalue weighted by molar-refractivity contribution is 7.00. The van der Waals surface area contributed by atoms with Crippen LogP contribution in [0.1, 0.15) is 63.6 Å². The fourth-order valence-electron chi connectivity index (χ4n) is 17.1. The normalized spacial score (nSPS) is 13.6. The molecule has 524 valence electrons. The Hall–Kier alpha value is -13.4. The Morgan fingerprint density at radius 3 is 1.32 bits per heavy atom. The van der Waals surface area contributed by atoms with Gasteiger partial charge >= 0.3 is 0 Å². The zero-order valence-electron chi connectivity index (χ0n) is 70.0. The number of aromatic nitrogens is 2. The minimum atomic E-state index is -0.531. The fourth-order valence-corrected chi connectivity index (χ4v) is 17.1. The molecule has 6 heteroatoms. The molecular weight excluding hydrogens is 1330 g/mol. The van der Waals surface area contributed by atoms with Crippen molar-refractivity contribution in [1.29, 1.82) is 0 Å². The standard InChI is InChI=1S/C104H80BN5/c1-103(2,3)77-41-31-40-73(59-77)74-52-55-91-97(62-74)110(102-88(71-36-17-9-18-37-71)63-78(104(4,5)6)64-89(102)72-38-19-10-20-39-72)100-68-84(108-93-49-28-25-46-85(93)86-47-26-29-50-94(86)108)67-99-101(100)105(91)92-56-53-82(66-98(92)109(99)83-60-75(69-32-13-7-14-33-69)58-76(61-83)70-34-15-8-16-35-70)107-95-51-30-27-48-87(95)90-65-81(54-57-96(90)107)106(79-42-21-11-22-43-79)80-44-23-12-24-45-80/h7-68H,1-6H3/i25D,26D,28D,29D,46D,47D,49D,50D. The van der Waals surface area contributed by atoms with Crippen LogP contribution in [0.4, 0.5) is 51.2 Å². The summed E-state index contributed by atoms with van der Waals surface area (Å²) in [5.41, 5.74) is 25.9. The van der Waals surface area contributed by atoms with Crippen LogP contribution in [0.25, 0.3) is 111 Å². The number of rotatable bonds is 12. The van der Waals surface area contributed by atoms with Gasteiger partial charge in [0, 0.05) is 83.9 Å². The maximum atomic E-state index is 10.2. The number of nitrogens with zero attached hydrogens (tertiary/aromatic N) is 5. The molecule has 0 bridgehead atoms. The molecule has 0 atom stereocenters. The molecule has 2 aliphatic rings. The summed E-state index contributed by atoms with van der Waals surface area (Å²) in [4.78, 5) is 7.16. The van der Waals surface area contributed by atoms with E-state index in [2.05, 4.69) is 364 Å². The second-order valence-electron chi connectivity index (χ2n) is 31.1. The Bertz CT molecular complexity index is 6890. The summed E-state index contributed by atoms with van der Waals surface area (Å²) in [6, 6.07) is 114. The molecule has 0 fully saturated rings. The molecule has 5 nitrogen and oxygen atoms in total. The van der Waals surface area contributed by atoms with E-state index in [0.717, 1.165) is 156 Å². The first kappa shape index (κ1) is 57.8. The molecule has 20 rings (SSSR count). The van der Waals surface area contributed by atoms with Gasteiger partial charge in [-0.15, -0.1) is 0 Å². The second kappa shape index (κ2) is 26.2. The Labute approximate surface area is 655 Å². The van der Waals surface area contributed by atoms with Crippen LogP contribution in [-0.2, 0) is 10.8 Å². The molecule has 0 spiro atoms. The zero-order chi connectivity index (χ0) is 80.9. The molecule has 0 N–H and O–H groups in total. The van der Waals surface area contributed by atoms with Crippen molar-refractivity contribution in [3.8, 4) is 67.0 Å². The molecule has 16 aromatic carbocycles. The van der Waals surface area contributed by atoms with Crippen LogP contribution in [0, 0.1) is 0 Å². The van der Waals surface area contributed by atoms with Gasteiger partial charge in [-0.25, -0.2) is 0 Å². The summed E-state index contributed by atoms with van der Waals surface area (Å²) in [7, 11) is 0. The van der Waals surface area contributed by atoms with E-state index < -0.39 is 55.1 Å². The first-order valence-corrected chi connectivity index (χ1v) is 37.8. The zero-order valence-corrected chi connectivity index (χ0v) is 62.0. The highest BCUT2D eigenvalue weighted by atomic mass is 15.2. The summed E-state index contributed by atoms with van der Waals surface area (Å²) >= 11 is 0. The lowest BCUT2D eigenvalue weighted by atomic mass is 9.33. The van der Waals surface area contributed by atoms with Crippen molar-refractivity contribution in [2.75, 3.05) is 14.7 Å². The van der Waals surface area contributed by atoms with Crippen LogP contribution in [0.5, 0.6) is 0 Å². The van der Waals surface area contributed by atoms with E-state index in [1.54, 1.807) is 4.57 Å². The highest BCUT2D eigenvalue weighted by Crippen LogP contribution is 2.54. The lowest BCUT2D eigenvalue weighted by Gasteiger charge is -2.45. The lowest BCUT2D eigenvalue weighted by molar-refractivity contribution is 0.590. The minimum absolute atomic E-state index is 0.0117. The van der Waals surface area contributed by atoms with Crippen molar-refractivity contribution in [3.05, 3.63) is 387 Å². The third-order valence-electron chi connectivity index (χ3n) is 22.4. The summed E-state index contributed by atoms with van der Waals surface area (Å²) in [6.07, 6.45) is 0. The number of para-hydroxylation sites is 5. The van der Waals surface area contributed by atoms with E-state index >= 15 is 0 Å². The van der Waals surface area contributed by atoms with Gasteiger partial charge in [0.2, 0.25) is 0 Å². The monoisotopic (exact) mass is 1420 g/mol. The predicted molar refractivity (Wildman–Crippen MR) is 468 cm³/mol. The molecule has 2 aromatic heterocycles. The largest absolute Gasteiger partial charge is 0.311 e. The molecule has 0 aliphatic carbocycles. The van der Waals surface area contributed by atoms with E-state index in [0.29, 0.717) is 5.69 Å². The van der Waals surface area contributed by atoms with E-state index in [-0.39, 0.29) is 32.6 Å². The third kappa shape index (κ3) is 11.1. The number of benzene rings is 16. The van der Waals surface area contributed by atoms with Gasteiger partial charge < -0.3 is 23.8 Å². The number of hydrogen-bond acceptors (Lipinski definition) is 3. The van der Waals surface area contributed by atoms with Gasteiger partial charge in [-0.05, 0) is 204 Å². The molecular formula is C104H80BN5. The maximum Gasteiger partial charge on any atom is 0.252 e. The van der Waals surface area contributed by atoms with Crippen molar-refractivity contribution in [3.63, 3.8) is 0 Å². The molecule has 2 aliphatic heterocycles. The molecule has 0 saturated carbocycles. The van der Waals surface area contributed by atoms with Crippen molar-refractivity contribution in [2.24, 2.45) is 0 Å². The molecule has 110 heavy (non-hydrogen) atoms. The SMILES string of the molecule is [2H]c1c([2H])c([2H])c2c(c1[2H])c1c([2H])c([2H])c([2H])c([2H])c1n2-c1cc2c3c(c1)N(c1c(-c4ccccc4)cc(C(C)(C)C)cc1-c1ccccc1)c1cc(-c4cccc(C(C)(C)C)c4)ccc1B3c1ccc(-n3c4ccccc4c4cc(N(c5ccccc5)c5ccccc5)ccc43)cc1N2c1cc(-c2ccccc2)cc(-c2ccccc2)c1.